The Balaban J connectivity index is 1.68. The number of aromatic nitrogens is 2. The fourth-order valence-electron chi connectivity index (χ4n) is 3.41. The lowest BCUT2D eigenvalue weighted by atomic mass is 9.94. The third kappa shape index (κ3) is 2.70. The number of nitrogens with zero attached hydrogens (tertiary/aromatic N) is 3. The van der Waals surface area contributed by atoms with Crippen molar-refractivity contribution in [3.05, 3.63) is 17.7 Å². The van der Waals surface area contributed by atoms with Gasteiger partial charge in [-0.3, -0.25) is 0 Å². The van der Waals surface area contributed by atoms with Gasteiger partial charge in [0, 0.05) is 31.7 Å². The number of rotatable bonds is 3. The topological polar surface area (TPSA) is 41.3 Å². The van der Waals surface area contributed by atoms with Gasteiger partial charge in [0.1, 0.15) is 5.82 Å². The van der Waals surface area contributed by atoms with Crippen LogP contribution in [0.2, 0.25) is 0 Å². The van der Waals surface area contributed by atoms with Crippen LogP contribution < -0.4 is 0 Å². The monoisotopic (exact) mass is 263 g/mol. The smallest absolute Gasteiger partial charge is 0.109 e. The van der Waals surface area contributed by atoms with Crippen LogP contribution in [0.3, 0.4) is 0 Å². The summed E-state index contributed by atoms with van der Waals surface area (Å²) in [7, 11) is 0. The average Bonchev–Trinajstić information content (AvgIpc) is 2.90. The molecular weight excluding hydrogens is 238 g/mol. The molecule has 3 heterocycles. The third-order valence-corrected chi connectivity index (χ3v) is 4.84. The number of aryl methyl sites for hydroxylation is 1. The molecule has 2 aliphatic heterocycles. The van der Waals surface area contributed by atoms with Crippen molar-refractivity contribution in [1.82, 2.24) is 14.5 Å². The van der Waals surface area contributed by atoms with Crippen LogP contribution in [0.15, 0.2) is 6.20 Å². The predicted molar refractivity (Wildman–Crippen MR) is 75.2 cm³/mol. The van der Waals surface area contributed by atoms with Crippen LogP contribution in [0.1, 0.15) is 43.6 Å². The van der Waals surface area contributed by atoms with Crippen molar-refractivity contribution in [2.75, 3.05) is 26.2 Å². The number of likely N-dealkylation sites (tertiary alicyclic amines) is 1. The van der Waals surface area contributed by atoms with Crippen LogP contribution in [0.25, 0.3) is 0 Å². The van der Waals surface area contributed by atoms with Crippen LogP contribution in [0.5, 0.6) is 0 Å². The summed E-state index contributed by atoms with van der Waals surface area (Å²) in [5, 5.41) is 9.29. The summed E-state index contributed by atoms with van der Waals surface area (Å²) >= 11 is 0. The number of piperidine rings is 1. The van der Waals surface area contributed by atoms with Crippen LogP contribution in [-0.2, 0) is 13.0 Å². The van der Waals surface area contributed by atoms with Gasteiger partial charge in [-0.05, 0) is 44.8 Å². The van der Waals surface area contributed by atoms with E-state index in [1.165, 1.54) is 44.0 Å². The van der Waals surface area contributed by atoms with Gasteiger partial charge in [-0.15, -0.1) is 0 Å². The van der Waals surface area contributed by atoms with Gasteiger partial charge in [-0.1, -0.05) is 6.92 Å². The number of aliphatic hydroxyl groups is 1. The number of aliphatic hydroxyl groups excluding tert-OH is 1. The molecule has 0 bridgehead atoms. The Morgan fingerprint density at radius 2 is 2.05 bits per heavy atom. The lowest BCUT2D eigenvalue weighted by Crippen LogP contribution is -2.32. The van der Waals surface area contributed by atoms with Gasteiger partial charge < -0.3 is 14.6 Å². The first-order valence-corrected chi connectivity index (χ1v) is 7.69. The number of fused-ring (bicyclic) bond motifs is 1. The zero-order valence-corrected chi connectivity index (χ0v) is 11.9. The van der Waals surface area contributed by atoms with Gasteiger partial charge in [0.15, 0.2) is 0 Å². The van der Waals surface area contributed by atoms with E-state index >= 15 is 0 Å². The van der Waals surface area contributed by atoms with Crippen molar-refractivity contribution in [2.45, 2.75) is 45.1 Å². The molecule has 2 aliphatic rings. The first-order chi connectivity index (χ1) is 9.30. The second-order valence-electron chi connectivity index (χ2n) is 6.03. The Kier molecular flexibility index (Phi) is 3.89. The first kappa shape index (κ1) is 13.1. The maximum atomic E-state index is 9.29. The SMILES string of the molecule is CCN1CCC(c2cn3c(n2)CC(CO)CC3)CC1. The average molecular weight is 263 g/mol. The van der Waals surface area contributed by atoms with Crippen LogP contribution in [-0.4, -0.2) is 45.8 Å². The van der Waals surface area contributed by atoms with Crippen molar-refractivity contribution < 1.29 is 5.11 Å². The lowest BCUT2D eigenvalue weighted by molar-refractivity contribution is 0.199. The Morgan fingerprint density at radius 1 is 1.26 bits per heavy atom. The van der Waals surface area contributed by atoms with E-state index in [-0.39, 0.29) is 0 Å². The molecule has 1 N–H and O–H groups in total. The Bertz CT molecular complexity index is 421. The summed E-state index contributed by atoms with van der Waals surface area (Å²) in [6.45, 7) is 7.17. The normalized spacial score (nSPS) is 25.5. The molecule has 1 unspecified atom stereocenters. The summed E-state index contributed by atoms with van der Waals surface area (Å²) in [6.07, 6.45) is 6.80. The van der Waals surface area contributed by atoms with Gasteiger partial charge in [-0.25, -0.2) is 4.98 Å². The predicted octanol–water partition coefficient (Wildman–Crippen LogP) is 1.64. The minimum Gasteiger partial charge on any atom is -0.396 e. The molecule has 1 aromatic rings. The van der Waals surface area contributed by atoms with E-state index in [0.29, 0.717) is 18.4 Å². The summed E-state index contributed by atoms with van der Waals surface area (Å²) in [5.41, 5.74) is 1.30. The van der Waals surface area contributed by atoms with Gasteiger partial charge >= 0.3 is 0 Å². The van der Waals surface area contributed by atoms with Gasteiger partial charge in [-0.2, -0.15) is 0 Å². The minimum absolute atomic E-state index is 0.303. The van der Waals surface area contributed by atoms with Crippen molar-refractivity contribution in [1.29, 1.82) is 0 Å². The highest BCUT2D eigenvalue weighted by atomic mass is 16.3. The summed E-state index contributed by atoms with van der Waals surface area (Å²) in [6, 6.07) is 0. The quantitative estimate of drug-likeness (QED) is 0.901. The molecule has 106 valence electrons. The molecule has 3 rings (SSSR count). The van der Waals surface area contributed by atoms with Crippen molar-refractivity contribution in [3.63, 3.8) is 0 Å². The van der Waals surface area contributed by atoms with Gasteiger partial charge in [0.2, 0.25) is 0 Å². The van der Waals surface area contributed by atoms with E-state index in [4.69, 9.17) is 4.98 Å². The van der Waals surface area contributed by atoms with E-state index in [1.54, 1.807) is 0 Å². The van der Waals surface area contributed by atoms with Gasteiger partial charge in [0.25, 0.3) is 0 Å². The molecule has 1 atom stereocenters. The highest BCUT2D eigenvalue weighted by Gasteiger charge is 2.25. The summed E-state index contributed by atoms with van der Waals surface area (Å²) in [4.78, 5) is 7.38. The molecule has 4 nitrogen and oxygen atoms in total. The standard InChI is InChI=1S/C15H25N3O/c1-2-17-6-4-13(5-7-17)14-10-18-8-3-12(11-19)9-15(18)16-14/h10,12-13,19H,2-9,11H2,1H3. The van der Waals surface area contributed by atoms with E-state index in [2.05, 4.69) is 22.6 Å². The van der Waals surface area contributed by atoms with E-state index in [1.807, 2.05) is 0 Å². The molecule has 0 aliphatic carbocycles. The largest absolute Gasteiger partial charge is 0.396 e. The Hall–Kier alpha value is -0.870. The molecule has 1 saturated heterocycles. The number of imidazole rings is 1. The maximum absolute atomic E-state index is 9.29. The number of hydrogen-bond acceptors (Lipinski definition) is 3. The molecule has 1 fully saturated rings. The fraction of sp³-hybridized carbons (Fsp3) is 0.800. The molecule has 0 aromatic carbocycles. The molecule has 0 radical (unpaired) electrons. The van der Waals surface area contributed by atoms with E-state index in [9.17, 15) is 5.11 Å². The fourth-order valence-corrected chi connectivity index (χ4v) is 3.41. The maximum Gasteiger partial charge on any atom is 0.109 e. The molecule has 19 heavy (non-hydrogen) atoms. The summed E-state index contributed by atoms with van der Waals surface area (Å²) < 4.78 is 2.31. The summed E-state index contributed by atoms with van der Waals surface area (Å²) in [5.74, 6) is 2.26. The molecule has 0 spiro atoms. The highest BCUT2D eigenvalue weighted by molar-refractivity contribution is 5.12. The van der Waals surface area contributed by atoms with E-state index < -0.39 is 0 Å². The highest BCUT2D eigenvalue weighted by Crippen LogP contribution is 2.29. The van der Waals surface area contributed by atoms with Crippen LogP contribution in [0, 0.1) is 5.92 Å². The zero-order chi connectivity index (χ0) is 13.2. The Labute approximate surface area is 115 Å². The molecule has 0 amide bonds. The second-order valence-corrected chi connectivity index (χ2v) is 6.03. The van der Waals surface area contributed by atoms with Crippen molar-refractivity contribution in [3.8, 4) is 0 Å². The lowest BCUT2D eigenvalue weighted by Gasteiger charge is -2.30. The van der Waals surface area contributed by atoms with Crippen LogP contribution >= 0.6 is 0 Å². The zero-order valence-electron chi connectivity index (χ0n) is 11.9. The molecule has 4 heteroatoms. The second kappa shape index (κ2) is 5.63. The van der Waals surface area contributed by atoms with E-state index in [0.717, 1.165) is 19.4 Å². The first-order valence-electron chi connectivity index (χ1n) is 7.69. The molecule has 1 aromatic heterocycles. The number of hydrogen-bond donors (Lipinski definition) is 1. The van der Waals surface area contributed by atoms with Gasteiger partial charge in [0.05, 0.1) is 5.69 Å². The minimum atomic E-state index is 0.303. The Morgan fingerprint density at radius 3 is 2.74 bits per heavy atom. The third-order valence-electron chi connectivity index (χ3n) is 4.84. The van der Waals surface area contributed by atoms with Crippen molar-refractivity contribution >= 4 is 0 Å². The van der Waals surface area contributed by atoms with Crippen molar-refractivity contribution in [2.24, 2.45) is 5.92 Å². The molecular formula is C15H25N3O. The molecule has 0 saturated carbocycles. The van der Waals surface area contributed by atoms with Crippen LogP contribution in [0.4, 0.5) is 0 Å².